The Labute approximate surface area is 166 Å². The van der Waals surface area contributed by atoms with Gasteiger partial charge >= 0.3 is 0 Å². The highest BCUT2D eigenvalue weighted by molar-refractivity contribution is 5.96. The van der Waals surface area contributed by atoms with E-state index >= 15 is 0 Å². The molecule has 0 N–H and O–H groups in total. The average molecular weight is 390 g/mol. The molecule has 1 aromatic carbocycles. The van der Waals surface area contributed by atoms with E-state index in [1.807, 2.05) is 6.07 Å². The van der Waals surface area contributed by atoms with Gasteiger partial charge in [-0.15, -0.1) is 0 Å². The van der Waals surface area contributed by atoms with Gasteiger partial charge < -0.3 is 24.0 Å². The van der Waals surface area contributed by atoms with E-state index in [0.29, 0.717) is 24.7 Å². The van der Waals surface area contributed by atoms with Crippen LogP contribution in [0.15, 0.2) is 18.2 Å². The van der Waals surface area contributed by atoms with Crippen LogP contribution in [0, 0.1) is 0 Å². The molecule has 2 aliphatic rings. The largest absolute Gasteiger partial charge is 0.493 e. The number of carbonyl (C=O) groups excluding carboxylic acids is 2. The summed E-state index contributed by atoms with van der Waals surface area (Å²) in [6.07, 6.45) is 5.35. The third kappa shape index (κ3) is 4.09. The van der Waals surface area contributed by atoms with Gasteiger partial charge in [0.05, 0.1) is 20.8 Å². The van der Waals surface area contributed by atoms with Gasteiger partial charge in [-0.25, -0.2) is 0 Å². The number of nitrogens with zero attached hydrogens (tertiary/aromatic N) is 2. The minimum atomic E-state index is -0.668. The van der Waals surface area contributed by atoms with Crippen LogP contribution in [0.5, 0.6) is 11.5 Å². The van der Waals surface area contributed by atoms with Crippen LogP contribution in [0.4, 0.5) is 0 Å². The maximum atomic E-state index is 13.5. The lowest BCUT2D eigenvalue weighted by Crippen LogP contribution is -2.59. The Bertz CT molecular complexity index is 702. The fourth-order valence-corrected chi connectivity index (χ4v) is 4.24. The Morgan fingerprint density at radius 3 is 2.36 bits per heavy atom. The molecule has 1 unspecified atom stereocenters. The van der Waals surface area contributed by atoms with Gasteiger partial charge in [0.15, 0.2) is 11.5 Å². The number of carbonyl (C=O) groups is 2. The lowest BCUT2D eigenvalue weighted by atomic mass is 9.91. The summed E-state index contributed by atoms with van der Waals surface area (Å²) >= 11 is 0. The molecule has 3 rings (SSSR count). The molecule has 1 aliphatic heterocycles. The first-order valence-corrected chi connectivity index (χ1v) is 9.91. The molecule has 7 nitrogen and oxygen atoms in total. The maximum Gasteiger partial charge on any atom is 0.250 e. The fourth-order valence-electron chi connectivity index (χ4n) is 4.24. The summed E-state index contributed by atoms with van der Waals surface area (Å²) in [5.74, 6) is 1.08. The van der Waals surface area contributed by atoms with E-state index < -0.39 is 6.04 Å². The number of rotatable bonds is 7. The minimum Gasteiger partial charge on any atom is -0.493 e. The summed E-state index contributed by atoms with van der Waals surface area (Å²) in [5, 5.41) is 0. The molecule has 1 heterocycles. The van der Waals surface area contributed by atoms with Crippen LogP contribution < -0.4 is 9.47 Å². The first-order chi connectivity index (χ1) is 13.6. The standard InChI is InChI=1S/C21H30N2O5/c1-26-12-11-22-19(24)14-23(16-7-5-4-6-8-16)21(25)20(22)15-9-10-17(27-2)18(13-15)28-3/h9-10,13,16,20H,4-8,11-12,14H2,1-3H3. The molecule has 1 aliphatic carbocycles. The van der Waals surface area contributed by atoms with Crippen LogP contribution in [-0.2, 0) is 14.3 Å². The Morgan fingerprint density at radius 1 is 1.00 bits per heavy atom. The van der Waals surface area contributed by atoms with Crippen molar-refractivity contribution in [3.8, 4) is 11.5 Å². The van der Waals surface area contributed by atoms with E-state index in [2.05, 4.69) is 0 Å². The Hall–Kier alpha value is -2.28. The minimum absolute atomic E-state index is 0.0187. The quantitative estimate of drug-likeness (QED) is 0.715. The van der Waals surface area contributed by atoms with E-state index in [4.69, 9.17) is 14.2 Å². The van der Waals surface area contributed by atoms with Gasteiger partial charge in [-0.1, -0.05) is 25.3 Å². The second-order valence-corrected chi connectivity index (χ2v) is 7.35. The van der Waals surface area contributed by atoms with Crippen molar-refractivity contribution in [2.24, 2.45) is 0 Å². The number of ether oxygens (including phenoxy) is 3. The van der Waals surface area contributed by atoms with E-state index in [-0.39, 0.29) is 24.4 Å². The SMILES string of the molecule is COCCN1C(=O)CN(C2CCCCC2)C(=O)C1c1ccc(OC)c(OC)c1. The number of amides is 2. The highest BCUT2D eigenvalue weighted by Crippen LogP contribution is 2.36. The van der Waals surface area contributed by atoms with E-state index in [1.165, 1.54) is 6.42 Å². The van der Waals surface area contributed by atoms with Gasteiger partial charge in [0.2, 0.25) is 5.91 Å². The molecular weight excluding hydrogens is 360 g/mol. The van der Waals surface area contributed by atoms with Gasteiger partial charge in [-0.3, -0.25) is 9.59 Å². The average Bonchev–Trinajstić information content (AvgIpc) is 2.74. The third-order valence-electron chi connectivity index (χ3n) is 5.73. The Kier molecular flexibility index (Phi) is 6.78. The van der Waals surface area contributed by atoms with Crippen molar-refractivity contribution in [1.82, 2.24) is 9.80 Å². The summed E-state index contributed by atoms with van der Waals surface area (Å²) in [5.41, 5.74) is 0.729. The van der Waals surface area contributed by atoms with Crippen molar-refractivity contribution >= 4 is 11.8 Å². The van der Waals surface area contributed by atoms with Crippen LogP contribution in [0.25, 0.3) is 0 Å². The first kappa shape index (κ1) is 20.5. The zero-order valence-corrected chi connectivity index (χ0v) is 17.0. The Balaban J connectivity index is 1.95. The van der Waals surface area contributed by atoms with Crippen molar-refractivity contribution < 1.29 is 23.8 Å². The monoisotopic (exact) mass is 390 g/mol. The molecule has 2 amide bonds. The lowest BCUT2D eigenvalue weighted by molar-refractivity contribution is -0.159. The van der Waals surface area contributed by atoms with Crippen LogP contribution in [0.2, 0.25) is 0 Å². The molecule has 2 fully saturated rings. The van der Waals surface area contributed by atoms with E-state index in [0.717, 1.165) is 31.2 Å². The fraction of sp³-hybridized carbons (Fsp3) is 0.619. The normalized spacial score (nSPS) is 21.2. The highest BCUT2D eigenvalue weighted by Gasteiger charge is 2.43. The topological polar surface area (TPSA) is 68.3 Å². The van der Waals surface area contributed by atoms with E-state index in [9.17, 15) is 9.59 Å². The lowest BCUT2D eigenvalue weighted by Gasteiger charge is -2.44. The van der Waals surface area contributed by atoms with Crippen molar-refractivity contribution in [1.29, 1.82) is 0 Å². The number of hydrogen-bond acceptors (Lipinski definition) is 5. The van der Waals surface area contributed by atoms with Gasteiger partial charge in [0, 0.05) is 19.7 Å². The van der Waals surface area contributed by atoms with Crippen molar-refractivity contribution in [2.75, 3.05) is 41.0 Å². The number of benzene rings is 1. The second-order valence-electron chi connectivity index (χ2n) is 7.35. The van der Waals surface area contributed by atoms with Crippen molar-refractivity contribution in [3.63, 3.8) is 0 Å². The number of hydrogen-bond donors (Lipinski definition) is 0. The maximum absolute atomic E-state index is 13.5. The van der Waals surface area contributed by atoms with Gasteiger partial charge in [-0.2, -0.15) is 0 Å². The van der Waals surface area contributed by atoms with Crippen molar-refractivity contribution in [2.45, 2.75) is 44.2 Å². The molecule has 0 radical (unpaired) electrons. The van der Waals surface area contributed by atoms with Crippen LogP contribution >= 0.6 is 0 Å². The Morgan fingerprint density at radius 2 is 1.71 bits per heavy atom. The smallest absolute Gasteiger partial charge is 0.250 e. The van der Waals surface area contributed by atoms with Gasteiger partial charge in [0.1, 0.15) is 12.6 Å². The van der Waals surface area contributed by atoms with Crippen molar-refractivity contribution in [3.05, 3.63) is 23.8 Å². The number of piperazine rings is 1. The zero-order chi connectivity index (χ0) is 20.1. The van der Waals surface area contributed by atoms with E-state index in [1.54, 1.807) is 43.3 Å². The molecule has 28 heavy (non-hydrogen) atoms. The molecular formula is C21H30N2O5. The first-order valence-electron chi connectivity index (χ1n) is 9.91. The second kappa shape index (κ2) is 9.28. The predicted molar refractivity (Wildman–Crippen MR) is 104 cm³/mol. The highest BCUT2D eigenvalue weighted by atomic mass is 16.5. The molecule has 1 saturated heterocycles. The molecule has 154 valence electrons. The summed E-state index contributed by atoms with van der Waals surface area (Å²) in [4.78, 5) is 29.9. The van der Waals surface area contributed by atoms with Crippen LogP contribution in [-0.4, -0.2) is 68.7 Å². The van der Waals surface area contributed by atoms with Gasteiger partial charge in [0.25, 0.3) is 5.91 Å². The zero-order valence-electron chi connectivity index (χ0n) is 17.0. The summed E-state index contributed by atoms with van der Waals surface area (Å²) < 4.78 is 15.9. The molecule has 1 saturated carbocycles. The molecule has 1 aromatic rings. The van der Waals surface area contributed by atoms with Crippen LogP contribution in [0.1, 0.15) is 43.7 Å². The molecule has 7 heteroatoms. The molecule has 0 aromatic heterocycles. The molecule has 0 bridgehead atoms. The number of methoxy groups -OCH3 is 3. The molecule has 0 spiro atoms. The third-order valence-corrected chi connectivity index (χ3v) is 5.73. The predicted octanol–water partition coefficient (Wildman–Crippen LogP) is 2.39. The summed E-state index contributed by atoms with van der Waals surface area (Å²) in [6.45, 7) is 0.905. The summed E-state index contributed by atoms with van der Waals surface area (Å²) in [7, 11) is 4.73. The van der Waals surface area contributed by atoms with Gasteiger partial charge in [-0.05, 0) is 30.5 Å². The summed E-state index contributed by atoms with van der Waals surface area (Å²) in [6, 6.07) is 4.88. The molecule has 1 atom stereocenters. The van der Waals surface area contributed by atoms with Crippen LogP contribution in [0.3, 0.4) is 0 Å².